The third-order valence-corrected chi connectivity index (χ3v) is 3.71. The standard InChI is InChI=1S/C12H18N2OS/c1-3-10-6-8-16-12(14-10)13-9(2)11-5-4-7-15-11/h4-5,7,9-10H,3,6,8H2,1-2H3,(H,13,14). The highest BCUT2D eigenvalue weighted by atomic mass is 32.2. The summed E-state index contributed by atoms with van der Waals surface area (Å²) in [6, 6.07) is 4.59. The lowest BCUT2D eigenvalue weighted by atomic mass is 10.2. The zero-order valence-corrected chi connectivity index (χ0v) is 10.6. The van der Waals surface area contributed by atoms with Crippen molar-refractivity contribution in [1.82, 2.24) is 5.32 Å². The first-order valence-corrected chi connectivity index (χ1v) is 6.78. The van der Waals surface area contributed by atoms with E-state index in [1.54, 1.807) is 18.0 Å². The fraction of sp³-hybridized carbons (Fsp3) is 0.583. The molecule has 2 heterocycles. The summed E-state index contributed by atoms with van der Waals surface area (Å²) in [5.74, 6) is 2.12. The number of rotatable bonds is 3. The minimum atomic E-state index is 0.192. The van der Waals surface area contributed by atoms with Gasteiger partial charge in [-0.1, -0.05) is 18.7 Å². The maximum atomic E-state index is 5.36. The molecule has 0 amide bonds. The fourth-order valence-corrected chi connectivity index (χ4v) is 2.79. The van der Waals surface area contributed by atoms with Crippen LogP contribution in [0, 0.1) is 0 Å². The molecule has 0 fully saturated rings. The number of aliphatic imine (C=N–C) groups is 1. The van der Waals surface area contributed by atoms with Crippen LogP contribution in [-0.2, 0) is 0 Å². The molecular formula is C12H18N2OS. The van der Waals surface area contributed by atoms with Gasteiger partial charge >= 0.3 is 0 Å². The summed E-state index contributed by atoms with van der Waals surface area (Å²) in [6.45, 7) is 4.29. The van der Waals surface area contributed by atoms with E-state index in [0.29, 0.717) is 6.04 Å². The van der Waals surface area contributed by atoms with Gasteiger partial charge in [-0.05, 0) is 31.9 Å². The summed E-state index contributed by atoms with van der Waals surface area (Å²) in [4.78, 5) is 4.68. The van der Waals surface area contributed by atoms with Crippen LogP contribution in [-0.4, -0.2) is 17.0 Å². The van der Waals surface area contributed by atoms with E-state index >= 15 is 0 Å². The summed E-state index contributed by atoms with van der Waals surface area (Å²) in [5, 5.41) is 4.46. The molecule has 1 aromatic heterocycles. The minimum Gasteiger partial charge on any atom is -0.467 e. The molecule has 4 heteroatoms. The van der Waals surface area contributed by atoms with Crippen LogP contribution >= 0.6 is 11.8 Å². The van der Waals surface area contributed by atoms with Gasteiger partial charge in [-0.15, -0.1) is 0 Å². The summed E-state index contributed by atoms with van der Waals surface area (Å²) in [6.07, 6.45) is 4.03. The Morgan fingerprint density at radius 2 is 2.56 bits per heavy atom. The van der Waals surface area contributed by atoms with E-state index in [1.807, 2.05) is 12.1 Å². The minimum absolute atomic E-state index is 0.192. The first-order valence-electron chi connectivity index (χ1n) is 5.80. The van der Waals surface area contributed by atoms with Crippen molar-refractivity contribution < 1.29 is 4.42 Å². The van der Waals surface area contributed by atoms with Gasteiger partial charge in [0.1, 0.15) is 5.76 Å². The van der Waals surface area contributed by atoms with Gasteiger partial charge in [-0.2, -0.15) is 0 Å². The first-order chi connectivity index (χ1) is 7.79. The molecule has 0 spiro atoms. The predicted molar refractivity (Wildman–Crippen MR) is 68.8 cm³/mol. The highest BCUT2D eigenvalue weighted by Gasteiger charge is 2.16. The van der Waals surface area contributed by atoms with E-state index in [9.17, 15) is 0 Å². The van der Waals surface area contributed by atoms with Gasteiger partial charge in [-0.3, -0.25) is 4.99 Å². The predicted octanol–water partition coefficient (Wildman–Crippen LogP) is 3.20. The molecule has 2 unspecified atom stereocenters. The lowest BCUT2D eigenvalue weighted by Crippen LogP contribution is -2.28. The molecule has 0 saturated carbocycles. The molecule has 1 N–H and O–H groups in total. The zero-order valence-electron chi connectivity index (χ0n) is 9.77. The molecular weight excluding hydrogens is 220 g/mol. The smallest absolute Gasteiger partial charge is 0.157 e. The highest BCUT2D eigenvalue weighted by Crippen LogP contribution is 2.21. The third-order valence-electron chi connectivity index (χ3n) is 2.77. The van der Waals surface area contributed by atoms with E-state index in [4.69, 9.17) is 4.42 Å². The van der Waals surface area contributed by atoms with Gasteiger partial charge < -0.3 is 9.73 Å². The van der Waals surface area contributed by atoms with Gasteiger partial charge in [0.2, 0.25) is 0 Å². The van der Waals surface area contributed by atoms with Crippen molar-refractivity contribution in [2.45, 2.75) is 38.8 Å². The molecule has 88 valence electrons. The molecule has 0 aromatic carbocycles. The summed E-state index contributed by atoms with van der Waals surface area (Å²) < 4.78 is 5.36. The quantitative estimate of drug-likeness (QED) is 0.878. The molecule has 0 aliphatic carbocycles. The number of thioether (sulfide) groups is 1. The monoisotopic (exact) mass is 238 g/mol. The number of nitrogens with zero attached hydrogens (tertiary/aromatic N) is 1. The molecule has 1 aliphatic rings. The van der Waals surface area contributed by atoms with Gasteiger partial charge in [0.25, 0.3) is 0 Å². The molecule has 0 radical (unpaired) electrons. The molecule has 3 nitrogen and oxygen atoms in total. The molecule has 1 aliphatic heterocycles. The van der Waals surface area contributed by atoms with Crippen molar-refractivity contribution in [3.05, 3.63) is 24.2 Å². The number of furan rings is 1. The summed E-state index contributed by atoms with van der Waals surface area (Å²) in [7, 11) is 0. The molecule has 1 aromatic rings. The topological polar surface area (TPSA) is 37.5 Å². The third kappa shape index (κ3) is 2.82. The zero-order chi connectivity index (χ0) is 11.4. The fourth-order valence-electron chi connectivity index (χ4n) is 1.73. The van der Waals surface area contributed by atoms with Gasteiger partial charge in [0.05, 0.1) is 18.3 Å². The maximum absolute atomic E-state index is 5.36. The Labute approximate surface area is 101 Å². The Kier molecular flexibility index (Phi) is 3.93. The van der Waals surface area contributed by atoms with Gasteiger partial charge in [0, 0.05) is 5.75 Å². The average molecular weight is 238 g/mol. The SMILES string of the molecule is CCC1CCSC(NC(C)c2ccco2)=N1. The number of hydrogen-bond acceptors (Lipinski definition) is 4. The molecule has 2 atom stereocenters. The lowest BCUT2D eigenvalue weighted by molar-refractivity contribution is 0.463. The van der Waals surface area contributed by atoms with E-state index in [2.05, 4.69) is 24.2 Å². The largest absolute Gasteiger partial charge is 0.467 e. The van der Waals surface area contributed by atoms with Crippen LogP contribution in [0.15, 0.2) is 27.8 Å². The Balaban J connectivity index is 1.96. The summed E-state index contributed by atoms with van der Waals surface area (Å²) >= 11 is 1.81. The van der Waals surface area contributed by atoms with Crippen molar-refractivity contribution >= 4 is 16.9 Å². The van der Waals surface area contributed by atoms with Crippen LogP contribution in [0.5, 0.6) is 0 Å². The van der Waals surface area contributed by atoms with Crippen molar-refractivity contribution in [1.29, 1.82) is 0 Å². The van der Waals surface area contributed by atoms with E-state index in [1.165, 1.54) is 6.42 Å². The molecule has 16 heavy (non-hydrogen) atoms. The number of hydrogen-bond donors (Lipinski definition) is 1. The van der Waals surface area contributed by atoms with Crippen LogP contribution in [0.25, 0.3) is 0 Å². The second-order valence-electron chi connectivity index (χ2n) is 4.01. The van der Waals surface area contributed by atoms with Gasteiger partial charge in [0.15, 0.2) is 5.17 Å². The number of amidine groups is 1. The molecule has 0 saturated heterocycles. The summed E-state index contributed by atoms with van der Waals surface area (Å²) in [5.41, 5.74) is 0. The van der Waals surface area contributed by atoms with E-state index in [0.717, 1.165) is 23.1 Å². The van der Waals surface area contributed by atoms with Crippen LogP contribution in [0.1, 0.15) is 38.5 Å². The number of nitrogens with one attached hydrogen (secondary N) is 1. The Morgan fingerprint density at radius 3 is 3.25 bits per heavy atom. The Bertz CT molecular complexity index is 348. The van der Waals surface area contributed by atoms with Crippen molar-refractivity contribution in [2.24, 2.45) is 4.99 Å². The van der Waals surface area contributed by atoms with Crippen LogP contribution in [0.4, 0.5) is 0 Å². The Morgan fingerprint density at radius 1 is 1.69 bits per heavy atom. The first kappa shape index (κ1) is 11.6. The molecule has 0 bridgehead atoms. The van der Waals surface area contributed by atoms with Crippen LogP contribution in [0.2, 0.25) is 0 Å². The van der Waals surface area contributed by atoms with Crippen molar-refractivity contribution in [3.8, 4) is 0 Å². The Hall–Kier alpha value is -0.900. The highest BCUT2D eigenvalue weighted by molar-refractivity contribution is 8.13. The van der Waals surface area contributed by atoms with Gasteiger partial charge in [-0.25, -0.2) is 0 Å². The van der Waals surface area contributed by atoms with E-state index < -0.39 is 0 Å². The van der Waals surface area contributed by atoms with Crippen LogP contribution < -0.4 is 5.32 Å². The second kappa shape index (κ2) is 5.43. The second-order valence-corrected chi connectivity index (χ2v) is 5.10. The van der Waals surface area contributed by atoms with E-state index in [-0.39, 0.29) is 6.04 Å². The maximum Gasteiger partial charge on any atom is 0.157 e. The lowest BCUT2D eigenvalue weighted by Gasteiger charge is -2.21. The normalized spacial score (nSPS) is 22.6. The van der Waals surface area contributed by atoms with Crippen molar-refractivity contribution in [3.63, 3.8) is 0 Å². The average Bonchev–Trinajstić information content (AvgIpc) is 2.83. The van der Waals surface area contributed by atoms with Crippen LogP contribution in [0.3, 0.4) is 0 Å². The molecule has 2 rings (SSSR count). The van der Waals surface area contributed by atoms with Crippen molar-refractivity contribution in [2.75, 3.05) is 5.75 Å².